The van der Waals surface area contributed by atoms with Crippen molar-refractivity contribution in [3.05, 3.63) is 178 Å². The summed E-state index contributed by atoms with van der Waals surface area (Å²) in [6, 6.07) is 41.1. The molecular formula is C64H62N2O2. The number of fused-ring (bicyclic) bond motifs is 6. The number of hydrogen-bond acceptors (Lipinski definition) is 4. The third kappa shape index (κ3) is 6.69. The first kappa shape index (κ1) is 42.6. The van der Waals surface area contributed by atoms with Crippen molar-refractivity contribution in [2.45, 2.75) is 105 Å². The van der Waals surface area contributed by atoms with Gasteiger partial charge in [0, 0.05) is 44.9 Å². The minimum Gasteiger partial charge on any atom is -0.458 e. The van der Waals surface area contributed by atoms with Crippen LogP contribution in [-0.4, -0.2) is 0 Å². The first-order valence-electron chi connectivity index (χ1n) is 25.3. The molecule has 4 heteroatoms. The third-order valence-corrected chi connectivity index (χ3v) is 15.5. The maximum atomic E-state index is 6.97. The Balaban J connectivity index is 1.17. The zero-order chi connectivity index (χ0) is 46.5. The molecule has 1 unspecified atom stereocenters. The van der Waals surface area contributed by atoms with Crippen LogP contribution in [0.15, 0.2) is 148 Å². The van der Waals surface area contributed by atoms with Crippen molar-refractivity contribution < 1.29 is 8.83 Å². The number of rotatable bonds is 10. The van der Waals surface area contributed by atoms with E-state index in [4.69, 9.17) is 8.83 Å². The molecule has 3 aliphatic carbocycles. The fraction of sp³-hybridized carbons (Fsp3) is 0.281. The number of nitrogens with zero attached hydrogens (tertiary/aromatic N) is 2. The van der Waals surface area contributed by atoms with Gasteiger partial charge in [-0.15, -0.1) is 0 Å². The van der Waals surface area contributed by atoms with E-state index in [0.717, 1.165) is 82.4 Å². The molecule has 4 nitrogen and oxygen atoms in total. The van der Waals surface area contributed by atoms with Gasteiger partial charge in [-0.25, -0.2) is 0 Å². The molecule has 7 aromatic carbocycles. The maximum absolute atomic E-state index is 6.97. The van der Waals surface area contributed by atoms with Gasteiger partial charge in [0.1, 0.15) is 11.3 Å². The van der Waals surface area contributed by atoms with Crippen LogP contribution in [0.1, 0.15) is 125 Å². The molecule has 0 fully saturated rings. The van der Waals surface area contributed by atoms with Gasteiger partial charge >= 0.3 is 0 Å². The van der Waals surface area contributed by atoms with E-state index in [-0.39, 0.29) is 5.92 Å². The van der Waals surface area contributed by atoms with Gasteiger partial charge in [0.25, 0.3) is 0 Å². The average molecular weight is 891 g/mol. The Morgan fingerprint density at radius 2 is 1.21 bits per heavy atom. The minimum absolute atomic E-state index is 0.283. The van der Waals surface area contributed by atoms with Crippen LogP contribution in [0.25, 0.3) is 60.5 Å². The number of benzene rings is 7. The summed E-state index contributed by atoms with van der Waals surface area (Å²) in [5.41, 5.74) is 17.9. The van der Waals surface area contributed by atoms with Gasteiger partial charge < -0.3 is 18.6 Å². The second kappa shape index (κ2) is 16.5. The average Bonchev–Trinajstić information content (AvgIpc) is 3.93. The Morgan fingerprint density at radius 1 is 0.529 bits per heavy atom. The van der Waals surface area contributed by atoms with Crippen LogP contribution in [-0.2, 0) is 19.3 Å². The molecule has 2 aromatic heterocycles. The molecule has 0 aliphatic heterocycles. The maximum Gasteiger partial charge on any atom is 0.159 e. The lowest BCUT2D eigenvalue weighted by Gasteiger charge is -2.35. The Labute approximate surface area is 401 Å². The number of anilines is 5. The fourth-order valence-electron chi connectivity index (χ4n) is 11.9. The highest BCUT2D eigenvalue weighted by molar-refractivity contribution is 6.20. The summed E-state index contributed by atoms with van der Waals surface area (Å²) in [6.07, 6.45) is 16.7. The molecule has 0 N–H and O–H groups in total. The lowest BCUT2D eigenvalue weighted by molar-refractivity contribution is 0.466. The van der Waals surface area contributed by atoms with E-state index in [9.17, 15) is 0 Å². The molecule has 340 valence electrons. The predicted molar refractivity (Wildman–Crippen MR) is 289 cm³/mol. The lowest BCUT2D eigenvalue weighted by atomic mass is 9.78. The fourth-order valence-corrected chi connectivity index (χ4v) is 11.9. The zero-order valence-corrected chi connectivity index (χ0v) is 40.9. The molecule has 68 heavy (non-hydrogen) atoms. The van der Waals surface area contributed by atoms with Crippen LogP contribution in [0.5, 0.6) is 0 Å². The number of allylic oxidation sites excluding steroid dienone is 4. The highest BCUT2D eigenvalue weighted by Gasteiger charge is 2.32. The van der Waals surface area contributed by atoms with Crippen molar-refractivity contribution in [1.82, 2.24) is 0 Å². The Kier molecular flexibility index (Phi) is 10.3. The van der Waals surface area contributed by atoms with Crippen molar-refractivity contribution in [3.8, 4) is 0 Å². The highest BCUT2D eigenvalue weighted by atomic mass is 16.3. The summed E-state index contributed by atoms with van der Waals surface area (Å²) in [5.74, 6) is 3.19. The first-order valence-corrected chi connectivity index (χ1v) is 25.3. The van der Waals surface area contributed by atoms with E-state index in [0.29, 0.717) is 23.7 Å². The van der Waals surface area contributed by atoms with Crippen LogP contribution in [0.2, 0.25) is 0 Å². The molecule has 12 rings (SSSR count). The normalized spacial score (nSPS) is 15.7. The van der Waals surface area contributed by atoms with E-state index in [1.807, 2.05) is 0 Å². The van der Waals surface area contributed by atoms with Crippen LogP contribution in [0, 0.1) is 11.8 Å². The molecule has 0 spiro atoms. The topological polar surface area (TPSA) is 32.8 Å². The van der Waals surface area contributed by atoms with Gasteiger partial charge in [-0.1, -0.05) is 146 Å². The first-order chi connectivity index (χ1) is 33.0. The summed E-state index contributed by atoms with van der Waals surface area (Å²) in [4.78, 5) is 5.08. The van der Waals surface area contributed by atoms with Gasteiger partial charge in [0.05, 0.1) is 22.7 Å². The van der Waals surface area contributed by atoms with Gasteiger partial charge in [0.2, 0.25) is 0 Å². The van der Waals surface area contributed by atoms with E-state index in [2.05, 4.69) is 205 Å². The summed E-state index contributed by atoms with van der Waals surface area (Å²) < 4.78 is 13.9. The molecule has 2 heterocycles. The Morgan fingerprint density at radius 3 is 1.94 bits per heavy atom. The summed E-state index contributed by atoms with van der Waals surface area (Å²) in [6.45, 7) is 18.7. The molecule has 0 saturated heterocycles. The Hall–Kier alpha value is -6.78. The summed E-state index contributed by atoms with van der Waals surface area (Å²) in [7, 11) is 0. The second-order valence-corrected chi connectivity index (χ2v) is 21.0. The van der Waals surface area contributed by atoms with Gasteiger partial charge in [-0.05, 0) is 148 Å². The van der Waals surface area contributed by atoms with E-state index in [1.54, 1.807) is 0 Å². The SMILES string of the molecule is CC(C)c1ccc(N(c2cc(C(C)C)c3ccc4c(N(C5=CCC(C(C)C)C=C5)c5cccc6c7c(oc56)CCC=C7)cc(C(C)C)c5c4c3c2CC5)c2cccc3c2oc2ccccc23)cc1. The van der Waals surface area contributed by atoms with Crippen molar-refractivity contribution in [3.63, 3.8) is 0 Å². The van der Waals surface area contributed by atoms with Gasteiger partial charge in [-0.2, -0.15) is 0 Å². The van der Waals surface area contributed by atoms with E-state index >= 15 is 0 Å². The number of para-hydroxylation sites is 3. The third-order valence-electron chi connectivity index (χ3n) is 15.5. The smallest absolute Gasteiger partial charge is 0.159 e. The van der Waals surface area contributed by atoms with Crippen molar-refractivity contribution in [2.24, 2.45) is 11.8 Å². The van der Waals surface area contributed by atoms with E-state index < -0.39 is 0 Å². The zero-order valence-electron chi connectivity index (χ0n) is 40.9. The van der Waals surface area contributed by atoms with Crippen LogP contribution in [0.3, 0.4) is 0 Å². The quantitative estimate of drug-likeness (QED) is 0.128. The van der Waals surface area contributed by atoms with Crippen molar-refractivity contribution in [1.29, 1.82) is 0 Å². The summed E-state index contributed by atoms with van der Waals surface area (Å²) in [5, 5.41) is 8.88. The predicted octanol–water partition coefficient (Wildman–Crippen LogP) is 18.8. The summed E-state index contributed by atoms with van der Waals surface area (Å²) >= 11 is 0. The number of aryl methyl sites for hydroxylation is 3. The van der Waals surface area contributed by atoms with Gasteiger partial charge in [0.15, 0.2) is 11.2 Å². The minimum atomic E-state index is 0.283. The number of furan rings is 2. The van der Waals surface area contributed by atoms with Crippen LogP contribution in [0.4, 0.5) is 28.4 Å². The number of hydrogen-bond donors (Lipinski definition) is 0. The molecule has 0 saturated carbocycles. The molecule has 9 aromatic rings. The standard InChI is InChI=1S/C64H62N2O2/c1-37(2)41-23-27-43(28-24-41)65(55-19-13-17-49-45-15-9-11-21-59(45)67-63(49)55)57-35-53(39(5)6)47-32-34-52-58(36-54(40(7)8)48-31-33-51(57)61(47)62(48)52)66(44-29-25-42(26-30-44)38(3)4)56-20-14-18-50-46-16-10-12-22-60(46)68-64(50)56/h9-11,13-21,23-25,27-30,32,34-40,42H,12,22,26,31,33H2,1-8H3. The molecular weight excluding hydrogens is 829 g/mol. The second-order valence-electron chi connectivity index (χ2n) is 21.0. The van der Waals surface area contributed by atoms with Crippen LogP contribution < -0.4 is 9.80 Å². The Bertz CT molecular complexity index is 3570. The highest BCUT2D eigenvalue weighted by Crippen LogP contribution is 2.53. The molecule has 0 amide bonds. The molecule has 1 atom stereocenters. The molecule has 0 radical (unpaired) electrons. The van der Waals surface area contributed by atoms with E-state index in [1.165, 1.54) is 77.4 Å². The van der Waals surface area contributed by atoms with Crippen molar-refractivity contribution >= 4 is 89.0 Å². The lowest BCUT2D eigenvalue weighted by Crippen LogP contribution is -2.21. The molecule has 3 aliphatic rings. The molecule has 0 bridgehead atoms. The largest absolute Gasteiger partial charge is 0.458 e. The monoisotopic (exact) mass is 890 g/mol. The van der Waals surface area contributed by atoms with Crippen LogP contribution >= 0.6 is 0 Å². The van der Waals surface area contributed by atoms with Crippen molar-refractivity contribution in [2.75, 3.05) is 9.80 Å². The van der Waals surface area contributed by atoms with Gasteiger partial charge in [-0.3, -0.25) is 0 Å².